The SMILES string of the molecule is Cn1nc2ccc(CN)cc2c1C(F)(F)F. The first-order valence-electron chi connectivity index (χ1n) is 4.66. The molecule has 0 atom stereocenters. The second kappa shape index (κ2) is 3.48. The van der Waals surface area contributed by atoms with Gasteiger partial charge in [0.2, 0.25) is 0 Å². The number of rotatable bonds is 1. The zero-order chi connectivity index (χ0) is 11.9. The fourth-order valence-corrected chi connectivity index (χ4v) is 1.71. The minimum absolute atomic E-state index is 0.0953. The maximum absolute atomic E-state index is 12.8. The van der Waals surface area contributed by atoms with Crippen LogP contribution in [-0.2, 0) is 19.8 Å². The molecule has 6 heteroatoms. The second-order valence-electron chi connectivity index (χ2n) is 3.53. The molecule has 16 heavy (non-hydrogen) atoms. The van der Waals surface area contributed by atoms with Crippen LogP contribution in [0.4, 0.5) is 13.2 Å². The highest BCUT2D eigenvalue weighted by molar-refractivity contribution is 5.82. The Morgan fingerprint density at radius 1 is 1.38 bits per heavy atom. The molecule has 2 N–H and O–H groups in total. The summed E-state index contributed by atoms with van der Waals surface area (Å²) >= 11 is 0. The second-order valence-corrected chi connectivity index (χ2v) is 3.53. The van der Waals surface area contributed by atoms with E-state index in [9.17, 15) is 13.2 Å². The minimum atomic E-state index is -4.41. The maximum atomic E-state index is 12.8. The van der Waals surface area contributed by atoms with Gasteiger partial charge in [-0.1, -0.05) is 6.07 Å². The summed E-state index contributed by atoms with van der Waals surface area (Å²) < 4.78 is 39.1. The van der Waals surface area contributed by atoms with E-state index in [0.717, 1.165) is 4.68 Å². The van der Waals surface area contributed by atoms with Gasteiger partial charge in [0, 0.05) is 19.0 Å². The van der Waals surface area contributed by atoms with E-state index < -0.39 is 11.9 Å². The average molecular weight is 229 g/mol. The van der Waals surface area contributed by atoms with Gasteiger partial charge in [-0.2, -0.15) is 18.3 Å². The Kier molecular flexibility index (Phi) is 2.38. The number of aryl methyl sites for hydroxylation is 1. The fraction of sp³-hybridized carbons (Fsp3) is 0.300. The Morgan fingerprint density at radius 2 is 2.06 bits per heavy atom. The van der Waals surface area contributed by atoms with Crippen LogP contribution in [0.5, 0.6) is 0 Å². The van der Waals surface area contributed by atoms with Gasteiger partial charge < -0.3 is 5.73 Å². The largest absolute Gasteiger partial charge is 0.433 e. The molecule has 0 saturated heterocycles. The quantitative estimate of drug-likeness (QED) is 0.813. The van der Waals surface area contributed by atoms with Gasteiger partial charge in [-0.25, -0.2) is 0 Å². The molecule has 0 aliphatic heterocycles. The van der Waals surface area contributed by atoms with Gasteiger partial charge >= 0.3 is 6.18 Å². The lowest BCUT2D eigenvalue weighted by Gasteiger charge is -2.07. The summed E-state index contributed by atoms with van der Waals surface area (Å²) in [5.41, 5.74) is 5.64. The van der Waals surface area contributed by atoms with Crippen molar-refractivity contribution in [3.8, 4) is 0 Å². The monoisotopic (exact) mass is 229 g/mol. The molecule has 0 amide bonds. The number of hydrogen-bond acceptors (Lipinski definition) is 2. The normalized spacial score (nSPS) is 12.3. The lowest BCUT2D eigenvalue weighted by Crippen LogP contribution is -2.12. The van der Waals surface area contributed by atoms with Crippen LogP contribution in [0.1, 0.15) is 11.3 Å². The minimum Gasteiger partial charge on any atom is -0.326 e. The number of hydrogen-bond donors (Lipinski definition) is 1. The molecule has 2 rings (SSSR count). The molecule has 0 fully saturated rings. The number of halogens is 3. The van der Waals surface area contributed by atoms with E-state index in [1.807, 2.05) is 0 Å². The van der Waals surface area contributed by atoms with Crippen LogP contribution in [0.15, 0.2) is 18.2 Å². The molecule has 0 radical (unpaired) electrons. The third kappa shape index (κ3) is 1.65. The van der Waals surface area contributed by atoms with Crippen LogP contribution >= 0.6 is 0 Å². The molecule has 1 aromatic heterocycles. The molecule has 86 valence electrons. The van der Waals surface area contributed by atoms with Gasteiger partial charge in [-0.05, 0) is 17.7 Å². The summed E-state index contributed by atoms with van der Waals surface area (Å²) in [4.78, 5) is 0. The van der Waals surface area contributed by atoms with Crippen molar-refractivity contribution in [3.63, 3.8) is 0 Å². The third-order valence-corrected chi connectivity index (χ3v) is 2.40. The maximum Gasteiger partial charge on any atom is 0.433 e. The Balaban J connectivity index is 2.76. The number of fused-ring (bicyclic) bond motifs is 1. The van der Waals surface area contributed by atoms with Crippen LogP contribution in [0.25, 0.3) is 10.9 Å². The first-order valence-corrected chi connectivity index (χ1v) is 4.66. The lowest BCUT2D eigenvalue weighted by molar-refractivity contribution is -0.142. The van der Waals surface area contributed by atoms with Crippen molar-refractivity contribution < 1.29 is 13.2 Å². The van der Waals surface area contributed by atoms with Crippen molar-refractivity contribution in [2.24, 2.45) is 12.8 Å². The Morgan fingerprint density at radius 3 is 2.62 bits per heavy atom. The van der Waals surface area contributed by atoms with Crippen molar-refractivity contribution in [1.29, 1.82) is 0 Å². The standard InChI is InChI=1S/C10H10F3N3/c1-16-9(10(11,12)13)7-4-6(5-14)2-3-8(7)15-16/h2-4H,5,14H2,1H3. The van der Waals surface area contributed by atoms with E-state index in [4.69, 9.17) is 5.73 Å². The first-order chi connectivity index (χ1) is 7.43. The van der Waals surface area contributed by atoms with Crippen LogP contribution in [-0.4, -0.2) is 9.78 Å². The van der Waals surface area contributed by atoms with Crippen LogP contribution < -0.4 is 5.73 Å². The van der Waals surface area contributed by atoms with Crippen LogP contribution in [0, 0.1) is 0 Å². The zero-order valence-corrected chi connectivity index (χ0v) is 8.54. The summed E-state index contributed by atoms with van der Waals surface area (Å²) in [6.07, 6.45) is -4.41. The highest BCUT2D eigenvalue weighted by atomic mass is 19.4. The van der Waals surface area contributed by atoms with E-state index in [1.165, 1.54) is 13.1 Å². The fourth-order valence-electron chi connectivity index (χ4n) is 1.71. The lowest BCUT2D eigenvalue weighted by atomic mass is 10.1. The molecular formula is C10H10F3N3. The van der Waals surface area contributed by atoms with Crippen molar-refractivity contribution in [2.75, 3.05) is 0 Å². The summed E-state index contributed by atoms with van der Waals surface area (Å²) in [6.45, 7) is 0.210. The number of nitrogens with two attached hydrogens (primary N) is 1. The molecular weight excluding hydrogens is 219 g/mol. The number of aromatic nitrogens is 2. The number of nitrogens with zero attached hydrogens (tertiary/aromatic N) is 2. The molecule has 0 spiro atoms. The Hall–Kier alpha value is -1.56. The smallest absolute Gasteiger partial charge is 0.326 e. The molecule has 2 aromatic rings. The van der Waals surface area contributed by atoms with Crippen molar-refractivity contribution in [2.45, 2.75) is 12.7 Å². The molecule has 0 bridgehead atoms. The summed E-state index contributed by atoms with van der Waals surface area (Å²) in [5, 5.41) is 3.91. The van der Waals surface area contributed by atoms with Gasteiger partial charge in [-0.3, -0.25) is 4.68 Å². The van der Waals surface area contributed by atoms with Crippen LogP contribution in [0.3, 0.4) is 0 Å². The molecule has 0 unspecified atom stereocenters. The van der Waals surface area contributed by atoms with E-state index >= 15 is 0 Å². The van der Waals surface area contributed by atoms with Crippen molar-refractivity contribution in [1.82, 2.24) is 9.78 Å². The van der Waals surface area contributed by atoms with E-state index in [2.05, 4.69) is 5.10 Å². The van der Waals surface area contributed by atoms with Gasteiger partial charge in [0.25, 0.3) is 0 Å². The highest BCUT2D eigenvalue weighted by Gasteiger charge is 2.36. The number of alkyl halides is 3. The first kappa shape index (κ1) is 10.9. The summed E-state index contributed by atoms with van der Waals surface area (Å²) in [5.74, 6) is 0. The van der Waals surface area contributed by atoms with Gasteiger partial charge in [0.15, 0.2) is 0 Å². The Bertz CT molecular complexity index is 528. The predicted octanol–water partition coefficient (Wildman–Crippen LogP) is 2.05. The highest BCUT2D eigenvalue weighted by Crippen LogP contribution is 2.34. The molecule has 3 nitrogen and oxygen atoms in total. The summed E-state index contributed by atoms with van der Waals surface area (Å²) in [7, 11) is 1.28. The topological polar surface area (TPSA) is 43.8 Å². The molecule has 1 heterocycles. The molecule has 0 aliphatic rings. The average Bonchev–Trinajstić information content (AvgIpc) is 2.51. The van der Waals surface area contributed by atoms with Gasteiger partial charge in [0.05, 0.1) is 5.52 Å². The Labute approximate surface area is 89.7 Å². The van der Waals surface area contributed by atoms with Gasteiger partial charge in [-0.15, -0.1) is 0 Å². The van der Waals surface area contributed by atoms with E-state index in [1.54, 1.807) is 12.1 Å². The van der Waals surface area contributed by atoms with E-state index in [-0.39, 0.29) is 11.9 Å². The van der Waals surface area contributed by atoms with Gasteiger partial charge in [0.1, 0.15) is 5.69 Å². The molecule has 1 aromatic carbocycles. The molecule has 0 aliphatic carbocycles. The predicted molar refractivity (Wildman–Crippen MR) is 53.6 cm³/mol. The molecule has 0 saturated carbocycles. The third-order valence-electron chi connectivity index (χ3n) is 2.40. The van der Waals surface area contributed by atoms with Crippen molar-refractivity contribution >= 4 is 10.9 Å². The van der Waals surface area contributed by atoms with E-state index in [0.29, 0.717) is 11.1 Å². The van der Waals surface area contributed by atoms with Crippen molar-refractivity contribution in [3.05, 3.63) is 29.5 Å². The zero-order valence-electron chi connectivity index (χ0n) is 8.54. The number of benzene rings is 1. The van der Waals surface area contributed by atoms with Crippen LogP contribution in [0.2, 0.25) is 0 Å². The summed E-state index contributed by atoms with van der Waals surface area (Å²) in [6, 6.07) is 4.66.